The molecule has 0 unspecified atom stereocenters. The summed E-state index contributed by atoms with van der Waals surface area (Å²) in [5.41, 5.74) is 0. The van der Waals surface area contributed by atoms with Crippen molar-refractivity contribution < 1.29 is 29.3 Å². The van der Waals surface area contributed by atoms with Crippen LogP contribution in [0, 0.1) is 5.92 Å². The average Bonchev–Trinajstić information content (AvgIpc) is 2.76. The minimum Gasteiger partial charge on any atom is -0.480 e. The highest BCUT2D eigenvalue weighted by Crippen LogP contribution is 2.14. The van der Waals surface area contributed by atoms with Crippen molar-refractivity contribution in [2.45, 2.75) is 104 Å². The molecule has 0 aliphatic rings. The Morgan fingerprint density at radius 3 is 1.79 bits per heavy atom. The third kappa shape index (κ3) is 25.0. The van der Waals surface area contributed by atoms with Gasteiger partial charge < -0.3 is 20.3 Å². The van der Waals surface area contributed by atoms with E-state index in [1.54, 1.807) is 4.90 Å². The van der Waals surface area contributed by atoms with E-state index in [0.717, 1.165) is 18.8 Å². The van der Waals surface area contributed by atoms with Crippen LogP contribution < -0.4 is 5.32 Å². The van der Waals surface area contributed by atoms with Crippen LogP contribution in [0.1, 0.15) is 104 Å². The molecule has 0 spiro atoms. The van der Waals surface area contributed by atoms with Crippen LogP contribution >= 0.6 is 0 Å². The predicted octanol–water partition coefficient (Wildman–Crippen LogP) is 4.71. The first-order valence-corrected chi connectivity index (χ1v) is 13.3. The maximum Gasteiger partial charge on any atom is 0.329 e. The van der Waals surface area contributed by atoms with Gasteiger partial charge in [0.1, 0.15) is 6.61 Å². The van der Waals surface area contributed by atoms with Crippen molar-refractivity contribution in [2.24, 2.45) is 5.92 Å². The van der Waals surface area contributed by atoms with Crippen molar-refractivity contribution in [3.8, 4) is 0 Å². The Balaban J connectivity index is 3.56. The van der Waals surface area contributed by atoms with E-state index < -0.39 is 18.5 Å². The molecule has 1 amide bonds. The molecule has 0 aliphatic carbocycles. The van der Waals surface area contributed by atoms with Gasteiger partial charge in [0.2, 0.25) is 5.91 Å². The van der Waals surface area contributed by atoms with Crippen LogP contribution in [0.2, 0.25) is 0 Å². The number of hydrogen-bond acceptors (Lipinski definition) is 5. The predicted molar refractivity (Wildman–Crippen MR) is 135 cm³/mol. The molecule has 0 fully saturated rings. The fourth-order valence-electron chi connectivity index (χ4n) is 3.86. The van der Waals surface area contributed by atoms with Gasteiger partial charge in [0, 0.05) is 26.1 Å². The lowest BCUT2D eigenvalue weighted by atomic mass is 10.0. The van der Waals surface area contributed by atoms with Gasteiger partial charge in [0.05, 0.1) is 13.2 Å². The second kappa shape index (κ2) is 23.1. The molecular weight excluding hydrogens is 436 g/mol. The first kappa shape index (κ1) is 32.3. The number of carboxylic acids is 2. The van der Waals surface area contributed by atoms with E-state index in [-0.39, 0.29) is 19.1 Å². The van der Waals surface area contributed by atoms with Gasteiger partial charge >= 0.3 is 11.9 Å². The quantitative estimate of drug-likeness (QED) is 0.160. The molecule has 34 heavy (non-hydrogen) atoms. The number of rotatable bonds is 25. The minimum absolute atomic E-state index is 0.00852. The number of aliphatic carboxylic acids is 2. The van der Waals surface area contributed by atoms with E-state index in [4.69, 9.17) is 14.9 Å². The lowest BCUT2D eigenvalue weighted by Gasteiger charge is -2.20. The Morgan fingerprint density at radius 2 is 1.29 bits per heavy atom. The van der Waals surface area contributed by atoms with Crippen molar-refractivity contribution in [1.82, 2.24) is 10.2 Å². The van der Waals surface area contributed by atoms with Crippen LogP contribution in [0.5, 0.6) is 0 Å². The molecule has 3 N–H and O–H groups in total. The molecule has 0 rings (SSSR count). The van der Waals surface area contributed by atoms with Crippen molar-refractivity contribution >= 4 is 17.8 Å². The molecule has 8 heteroatoms. The maximum atomic E-state index is 12.0. The molecule has 0 atom stereocenters. The standard InChI is InChI=1S/C26H50N2O6/c1-23(2)15-13-11-9-7-5-3-4-6-8-10-12-14-16-24(29)27-17-18-28(21-25(30)31)19-20-34-22-26(32)33/h23H,3-22H2,1-2H3,(H,27,29)(H,30,31)(H,32,33). The Bertz CT molecular complexity index is 527. The van der Waals surface area contributed by atoms with E-state index in [2.05, 4.69) is 19.2 Å². The molecule has 8 nitrogen and oxygen atoms in total. The zero-order valence-corrected chi connectivity index (χ0v) is 21.7. The maximum absolute atomic E-state index is 12.0. The Labute approximate surface area is 206 Å². The van der Waals surface area contributed by atoms with Crippen LogP contribution in [0.25, 0.3) is 0 Å². The fourth-order valence-corrected chi connectivity index (χ4v) is 3.86. The summed E-state index contributed by atoms with van der Waals surface area (Å²) in [5, 5.41) is 20.4. The molecule has 0 saturated carbocycles. The normalized spacial score (nSPS) is 11.3. The molecule has 0 heterocycles. The smallest absolute Gasteiger partial charge is 0.329 e. The summed E-state index contributed by atoms with van der Waals surface area (Å²) in [4.78, 5) is 35.0. The monoisotopic (exact) mass is 486 g/mol. The van der Waals surface area contributed by atoms with Crippen molar-refractivity contribution in [2.75, 3.05) is 39.4 Å². The summed E-state index contributed by atoms with van der Waals surface area (Å²) in [6.07, 6.45) is 17.1. The van der Waals surface area contributed by atoms with Gasteiger partial charge in [0.15, 0.2) is 0 Å². The van der Waals surface area contributed by atoms with E-state index in [9.17, 15) is 14.4 Å². The summed E-state index contributed by atoms with van der Waals surface area (Å²) in [6.45, 7) is 5.18. The van der Waals surface area contributed by atoms with Gasteiger partial charge in [-0.1, -0.05) is 90.9 Å². The number of carboxylic acid groups (broad SMARTS) is 2. The number of amides is 1. The van der Waals surface area contributed by atoms with Gasteiger partial charge in [-0.3, -0.25) is 14.5 Å². The number of carbonyl (C=O) groups excluding carboxylic acids is 1. The summed E-state index contributed by atoms with van der Waals surface area (Å²) < 4.78 is 4.95. The van der Waals surface area contributed by atoms with Crippen LogP contribution in [0.15, 0.2) is 0 Å². The van der Waals surface area contributed by atoms with E-state index in [0.29, 0.717) is 26.1 Å². The van der Waals surface area contributed by atoms with Crippen molar-refractivity contribution in [3.05, 3.63) is 0 Å². The largest absolute Gasteiger partial charge is 0.480 e. The average molecular weight is 487 g/mol. The Kier molecular flexibility index (Phi) is 22.0. The first-order valence-electron chi connectivity index (χ1n) is 13.3. The molecule has 200 valence electrons. The number of nitrogens with zero attached hydrogens (tertiary/aromatic N) is 1. The molecule has 0 radical (unpaired) electrons. The molecule has 0 saturated heterocycles. The number of carbonyl (C=O) groups is 3. The zero-order valence-electron chi connectivity index (χ0n) is 21.7. The highest BCUT2D eigenvalue weighted by molar-refractivity contribution is 5.75. The number of hydrogen-bond donors (Lipinski definition) is 3. The molecule has 0 aromatic carbocycles. The Morgan fingerprint density at radius 1 is 0.765 bits per heavy atom. The van der Waals surface area contributed by atoms with Gasteiger partial charge in [-0.15, -0.1) is 0 Å². The summed E-state index contributed by atoms with van der Waals surface area (Å²) >= 11 is 0. The summed E-state index contributed by atoms with van der Waals surface area (Å²) in [5.74, 6) is -1.20. The molecule has 0 bridgehead atoms. The van der Waals surface area contributed by atoms with Crippen molar-refractivity contribution in [3.63, 3.8) is 0 Å². The second-order valence-corrected chi connectivity index (χ2v) is 9.64. The van der Waals surface area contributed by atoms with Crippen LogP contribution in [-0.2, 0) is 19.1 Å². The van der Waals surface area contributed by atoms with Crippen LogP contribution in [0.3, 0.4) is 0 Å². The van der Waals surface area contributed by atoms with Crippen LogP contribution in [-0.4, -0.2) is 72.4 Å². The van der Waals surface area contributed by atoms with E-state index in [1.165, 1.54) is 70.6 Å². The third-order valence-corrected chi connectivity index (χ3v) is 5.82. The highest BCUT2D eigenvalue weighted by atomic mass is 16.5. The van der Waals surface area contributed by atoms with Gasteiger partial charge in [-0.2, -0.15) is 0 Å². The van der Waals surface area contributed by atoms with Gasteiger partial charge in [-0.25, -0.2) is 4.79 Å². The molecule has 0 aliphatic heterocycles. The number of nitrogens with one attached hydrogen (secondary N) is 1. The lowest BCUT2D eigenvalue weighted by Crippen LogP contribution is -2.39. The molecule has 0 aromatic rings. The first-order chi connectivity index (χ1) is 16.3. The van der Waals surface area contributed by atoms with Crippen molar-refractivity contribution in [1.29, 1.82) is 0 Å². The Hall–Kier alpha value is -1.67. The zero-order chi connectivity index (χ0) is 25.4. The summed E-state index contributed by atoms with van der Waals surface area (Å²) in [6, 6.07) is 0. The van der Waals surface area contributed by atoms with Gasteiger partial charge in [0.25, 0.3) is 0 Å². The van der Waals surface area contributed by atoms with Gasteiger partial charge in [-0.05, 0) is 12.3 Å². The lowest BCUT2D eigenvalue weighted by molar-refractivity contribution is -0.143. The summed E-state index contributed by atoms with van der Waals surface area (Å²) in [7, 11) is 0. The number of ether oxygens (including phenoxy) is 1. The minimum atomic E-state index is -1.06. The highest BCUT2D eigenvalue weighted by Gasteiger charge is 2.10. The second-order valence-electron chi connectivity index (χ2n) is 9.64. The van der Waals surface area contributed by atoms with E-state index >= 15 is 0 Å². The molecular formula is C26H50N2O6. The SMILES string of the molecule is CC(C)CCCCCCCCCCCCCCC(=O)NCCN(CCOCC(=O)O)CC(=O)O. The third-order valence-electron chi connectivity index (χ3n) is 5.82. The van der Waals surface area contributed by atoms with E-state index in [1.807, 2.05) is 0 Å². The topological polar surface area (TPSA) is 116 Å². The number of unbranched alkanes of at least 4 members (excludes halogenated alkanes) is 11. The fraction of sp³-hybridized carbons (Fsp3) is 0.885. The van der Waals surface area contributed by atoms with Crippen LogP contribution in [0.4, 0.5) is 0 Å². The molecule has 0 aromatic heterocycles.